The maximum Gasteiger partial charge on any atom is 0.355 e. The van der Waals surface area contributed by atoms with Gasteiger partial charge in [-0.1, -0.05) is 11.8 Å². The van der Waals surface area contributed by atoms with E-state index in [1.807, 2.05) is 12.1 Å². The predicted molar refractivity (Wildman–Crippen MR) is 113 cm³/mol. The fraction of sp³-hybridized carbons (Fsp3) is 0.381. The van der Waals surface area contributed by atoms with Crippen LogP contribution < -0.4 is 0 Å². The Morgan fingerprint density at radius 3 is 2.77 bits per heavy atom. The SMILES string of the molecule is CCOC(=O)c1[nH]c(C)c(C(=O)CSc2nnc(-c3cccnc3)n2C2CC2)c1C. The van der Waals surface area contributed by atoms with Crippen molar-refractivity contribution in [3.8, 4) is 11.4 Å². The van der Waals surface area contributed by atoms with Crippen LogP contribution in [0.3, 0.4) is 0 Å². The molecule has 0 atom stereocenters. The summed E-state index contributed by atoms with van der Waals surface area (Å²) < 4.78 is 7.17. The predicted octanol–water partition coefficient (Wildman–Crippen LogP) is 3.77. The quantitative estimate of drug-likeness (QED) is 0.333. The van der Waals surface area contributed by atoms with E-state index >= 15 is 0 Å². The van der Waals surface area contributed by atoms with Crippen molar-refractivity contribution < 1.29 is 14.3 Å². The van der Waals surface area contributed by atoms with Crippen molar-refractivity contribution in [2.45, 2.75) is 44.8 Å². The smallest absolute Gasteiger partial charge is 0.355 e. The van der Waals surface area contributed by atoms with E-state index in [-0.39, 0.29) is 18.1 Å². The molecule has 1 fully saturated rings. The zero-order valence-corrected chi connectivity index (χ0v) is 18.0. The van der Waals surface area contributed by atoms with Gasteiger partial charge in [0.15, 0.2) is 16.8 Å². The molecule has 0 amide bonds. The minimum atomic E-state index is -0.445. The Balaban J connectivity index is 1.54. The molecule has 3 aromatic heterocycles. The number of hydrogen-bond acceptors (Lipinski definition) is 7. The Bertz CT molecular complexity index is 1090. The summed E-state index contributed by atoms with van der Waals surface area (Å²) in [5.74, 6) is 0.480. The van der Waals surface area contributed by atoms with Gasteiger partial charge in [-0.3, -0.25) is 14.3 Å². The molecular formula is C21H23N5O3S. The van der Waals surface area contributed by atoms with E-state index in [1.165, 1.54) is 11.8 Å². The maximum atomic E-state index is 13.0. The number of nitrogens with zero attached hydrogens (tertiary/aromatic N) is 4. The minimum absolute atomic E-state index is 0.0601. The number of rotatable bonds is 8. The highest BCUT2D eigenvalue weighted by atomic mass is 32.2. The molecule has 1 aliphatic carbocycles. The van der Waals surface area contributed by atoms with E-state index in [4.69, 9.17) is 4.74 Å². The molecule has 30 heavy (non-hydrogen) atoms. The molecule has 156 valence electrons. The number of aromatic amines is 1. The average molecular weight is 426 g/mol. The van der Waals surface area contributed by atoms with Crippen LogP contribution >= 0.6 is 11.8 Å². The van der Waals surface area contributed by atoms with Crippen LogP contribution in [0.25, 0.3) is 11.4 Å². The standard InChI is InChI=1S/C21H23N5O3S/c1-4-29-20(28)18-12(2)17(13(3)23-18)16(27)11-30-21-25-24-19(26(21)15-7-8-15)14-6-5-9-22-10-14/h5-6,9-10,15,23H,4,7-8,11H2,1-3H3. The van der Waals surface area contributed by atoms with Gasteiger partial charge in [0.2, 0.25) is 0 Å². The molecule has 1 aliphatic rings. The number of ketones is 1. The van der Waals surface area contributed by atoms with E-state index in [0.29, 0.717) is 28.6 Å². The lowest BCUT2D eigenvalue weighted by molar-refractivity contribution is 0.0519. The Morgan fingerprint density at radius 2 is 2.10 bits per heavy atom. The lowest BCUT2D eigenvalue weighted by atomic mass is 10.1. The van der Waals surface area contributed by atoms with Gasteiger partial charge in [-0.15, -0.1) is 10.2 Å². The minimum Gasteiger partial charge on any atom is -0.461 e. The molecule has 0 saturated heterocycles. The number of esters is 1. The van der Waals surface area contributed by atoms with Gasteiger partial charge < -0.3 is 9.72 Å². The average Bonchev–Trinajstić information content (AvgIpc) is 3.42. The lowest BCUT2D eigenvalue weighted by Gasteiger charge is -2.08. The zero-order valence-electron chi connectivity index (χ0n) is 17.1. The van der Waals surface area contributed by atoms with Crippen LogP contribution in [-0.4, -0.2) is 48.8 Å². The third-order valence-electron chi connectivity index (χ3n) is 5.02. The van der Waals surface area contributed by atoms with Crippen molar-refractivity contribution in [3.63, 3.8) is 0 Å². The van der Waals surface area contributed by atoms with Gasteiger partial charge in [0.05, 0.1) is 12.4 Å². The van der Waals surface area contributed by atoms with Crippen molar-refractivity contribution >= 4 is 23.5 Å². The maximum absolute atomic E-state index is 13.0. The largest absolute Gasteiger partial charge is 0.461 e. The summed E-state index contributed by atoms with van der Waals surface area (Å²) in [5, 5.41) is 9.41. The number of H-pyrrole nitrogens is 1. The first-order valence-corrected chi connectivity index (χ1v) is 10.9. The summed E-state index contributed by atoms with van der Waals surface area (Å²) in [4.78, 5) is 32.2. The highest BCUT2D eigenvalue weighted by Crippen LogP contribution is 2.41. The second-order valence-electron chi connectivity index (χ2n) is 7.21. The number of aromatic nitrogens is 5. The molecule has 0 bridgehead atoms. The second kappa shape index (κ2) is 8.43. The van der Waals surface area contributed by atoms with Crippen LogP contribution in [0.4, 0.5) is 0 Å². The number of carbonyl (C=O) groups excluding carboxylic acids is 2. The van der Waals surface area contributed by atoms with E-state index < -0.39 is 5.97 Å². The molecule has 0 aliphatic heterocycles. The molecule has 8 nitrogen and oxygen atoms in total. The number of pyridine rings is 1. The fourth-order valence-corrected chi connectivity index (χ4v) is 4.38. The summed E-state index contributed by atoms with van der Waals surface area (Å²) in [5.41, 5.74) is 3.07. The monoisotopic (exact) mass is 425 g/mol. The molecule has 3 heterocycles. The van der Waals surface area contributed by atoms with Gasteiger partial charge in [-0.2, -0.15) is 0 Å². The Kier molecular flexibility index (Phi) is 5.72. The molecule has 0 spiro atoms. The van der Waals surface area contributed by atoms with Gasteiger partial charge in [0, 0.05) is 35.3 Å². The van der Waals surface area contributed by atoms with Crippen molar-refractivity contribution in [2.24, 2.45) is 0 Å². The van der Waals surface area contributed by atoms with E-state index in [1.54, 1.807) is 33.2 Å². The Labute approximate surface area is 178 Å². The van der Waals surface area contributed by atoms with E-state index in [0.717, 1.165) is 29.4 Å². The number of carbonyl (C=O) groups is 2. The van der Waals surface area contributed by atoms with Crippen molar-refractivity contribution in [2.75, 3.05) is 12.4 Å². The van der Waals surface area contributed by atoms with E-state index in [2.05, 4.69) is 24.7 Å². The van der Waals surface area contributed by atoms with Gasteiger partial charge in [-0.25, -0.2) is 4.79 Å². The van der Waals surface area contributed by atoms with Crippen LogP contribution in [0.5, 0.6) is 0 Å². The number of ether oxygens (including phenoxy) is 1. The van der Waals surface area contributed by atoms with Gasteiger partial charge in [-0.05, 0) is 51.3 Å². The summed E-state index contributed by atoms with van der Waals surface area (Å²) in [7, 11) is 0. The van der Waals surface area contributed by atoms with Crippen molar-refractivity contribution in [1.29, 1.82) is 0 Å². The Morgan fingerprint density at radius 1 is 1.30 bits per heavy atom. The molecule has 0 unspecified atom stereocenters. The lowest BCUT2D eigenvalue weighted by Crippen LogP contribution is -2.09. The summed E-state index contributed by atoms with van der Waals surface area (Å²) in [6, 6.07) is 4.19. The van der Waals surface area contributed by atoms with Crippen LogP contribution in [0.1, 0.15) is 57.9 Å². The van der Waals surface area contributed by atoms with Gasteiger partial charge in [0.25, 0.3) is 0 Å². The Hall–Kier alpha value is -2.94. The van der Waals surface area contributed by atoms with E-state index in [9.17, 15) is 9.59 Å². The van der Waals surface area contributed by atoms with Gasteiger partial charge in [0.1, 0.15) is 5.69 Å². The molecule has 1 saturated carbocycles. The highest BCUT2D eigenvalue weighted by molar-refractivity contribution is 7.99. The third-order valence-corrected chi connectivity index (χ3v) is 5.97. The molecule has 1 N–H and O–H groups in total. The first kappa shape index (κ1) is 20.3. The van der Waals surface area contributed by atoms with Crippen LogP contribution in [0.15, 0.2) is 29.7 Å². The first-order chi connectivity index (χ1) is 14.5. The normalized spacial score (nSPS) is 13.4. The molecule has 0 aromatic carbocycles. The third kappa shape index (κ3) is 3.89. The molecule has 3 aromatic rings. The van der Waals surface area contributed by atoms with Crippen LogP contribution in [-0.2, 0) is 4.74 Å². The number of nitrogens with one attached hydrogen (secondary N) is 1. The summed E-state index contributed by atoms with van der Waals surface area (Å²) in [6.07, 6.45) is 5.64. The fourth-order valence-electron chi connectivity index (χ4n) is 3.51. The number of aryl methyl sites for hydroxylation is 1. The number of hydrogen-bond donors (Lipinski definition) is 1. The summed E-state index contributed by atoms with van der Waals surface area (Å²) in [6.45, 7) is 5.59. The molecule has 9 heteroatoms. The highest BCUT2D eigenvalue weighted by Gasteiger charge is 2.31. The summed E-state index contributed by atoms with van der Waals surface area (Å²) >= 11 is 1.37. The molecular weight excluding hydrogens is 402 g/mol. The first-order valence-electron chi connectivity index (χ1n) is 9.88. The zero-order chi connectivity index (χ0) is 21.3. The second-order valence-corrected chi connectivity index (χ2v) is 8.15. The van der Waals surface area contributed by atoms with Crippen molar-refractivity contribution in [3.05, 3.63) is 47.0 Å². The van der Waals surface area contributed by atoms with Crippen molar-refractivity contribution in [1.82, 2.24) is 24.7 Å². The topological polar surface area (TPSA) is 103 Å². The number of thioether (sulfide) groups is 1. The number of Topliss-reactive ketones (excluding diaryl/α,β-unsaturated/α-hetero) is 1. The van der Waals surface area contributed by atoms with Gasteiger partial charge >= 0.3 is 5.97 Å². The van der Waals surface area contributed by atoms with Crippen LogP contribution in [0.2, 0.25) is 0 Å². The molecule has 0 radical (unpaired) electrons. The molecule has 4 rings (SSSR count). The van der Waals surface area contributed by atoms with Crippen LogP contribution in [0, 0.1) is 13.8 Å².